The first kappa shape index (κ1) is 14.3. The molecule has 0 spiro atoms. The molecule has 0 aromatic carbocycles. The van der Waals surface area contributed by atoms with Gasteiger partial charge in [-0.1, -0.05) is 11.6 Å². The minimum Gasteiger partial charge on any atom is -0.383 e. The van der Waals surface area contributed by atoms with E-state index >= 15 is 0 Å². The molecule has 112 valence electrons. The van der Waals surface area contributed by atoms with E-state index in [2.05, 4.69) is 10.4 Å². The van der Waals surface area contributed by atoms with Crippen LogP contribution in [0.1, 0.15) is 31.0 Å². The van der Waals surface area contributed by atoms with Crippen molar-refractivity contribution >= 4 is 11.6 Å². The zero-order valence-corrected chi connectivity index (χ0v) is 12.8. The van der Waals surface area contributed by atoms with Gasteiger partial charge in [-0.25, -0.2) is 0 Å². The van der Waals surface area contributed by atoms with Crippen molar-refractivity contribution in [2.24, 2.45) is 5.92 Å². The molecule has 3 rings (SSSR count). The Kier molecular flexibility index (Phi) is 4.31. The van der Waals surface area contributed by atoms with Gasteiger partial charge in [-0.05, 0) is 26.3 Å². The topological polar surface area (TPSA) is 48.3 Å². The van der Waals surface area contributed by atoms with Gasteiger partial charge in [0.2, 0.25) is 0 Å². The number of aromatic nitrogens is 2. The summed E-state index contributed by atoms with van der Waals surface area (Å²) in [5.74, 6) is 0.481. The van der Waals surface area contributed by atoms with Crippen LogP contribution < -0.4 is 5.32 Å². The normalized spacial score (nSPS) is 30.1. The van der Waals surface area contributed by atoms with Gasteiger partial charge in [0, 0.05) is 13.0 Å². The van der Waals surface area contributed by atoms with Crippen LogP contribution in [-0.2, 0) is 16.0 Å². The summed E-state index contributed by atoms with van der Waals surface area (Å²) in [6, 6.07) is 0.192. The van der Waals surface area contributed by atoms with Crippen molar-refractivity contribution in [1.82, 2.24) is 15.1 Å². The third-order valence-corrected chi connectivity index (χ3v) is 4.82. The molecule has 4 unspecified atom stereocenters. The molecular weight excluding hydrogens is 278 g/mol. The molecule has 1 aromatic heterocycles. The summed E-state index contributed by atoms with van der Waals surface area (Å²) in [6.07, 6.45) is 6.01. The minimum atomic E-state index is 0.192. The molecule has 2 aliphatic heterocycles. The van der Waals surface area contributed by atoms with Gasteiger partial charge >= 0.3 is 0 Å². The number of halogens is 1. The van der Waals surface area contributed by atoms with Crippen LogP contribution in [0.4, 0.5) is 0 Å². The fourth-order valence-electron chi connectivity index (χ4n) is 3.62. The van der Waals surface area contributed by atoms with Crippen LogP contribution in [0.15, 0.2) is 6.20 Å². The average molecular weight is 300 g/mol. The Labute approximate surface area is 124 Å². The highest BCUT2D eigenvalue weighted by atomic mass is 35.5. The number of methoxy groups -OCH3 is 1. The van der Waals surface area contributed by atoms with E-state index in [0.717, 1.165) is 30.1 Å². The number of hydrogen-bond donors (Lipinski definition) is 1. The quantitative estimate of drug-likeness (QED) is 0.873. The van der Waals surface area contributed by atoms with Crippen LogP contribution in [0.25, 0.3) is 0 Å². The van der Waals surface area contributed by atoms with Gasteiger partial charge in [-0.15, -0.1) is 0 Å². The van der Waals surface area contributed by atoms with E-state index in [0.29, 0.717) is 24.7 Å². The minimum absolute atomic E-state index is 0.192. The highest BCUT2D eigenvalue weighted by Gasteiger charge is 2.45. The van der Waals surface area contributed by atoms with Gasteiger partial charge in [-0.2, -0.15) is 5.10 Å². The Morgan fingerprint density at radius 1 is 1.60 bits per heavy atom. The van der Waals surface area contributed by atoms with Gasteiger partial charge in [0.05, 0.1) is 48.3 Å². The van der Waals surface area contributed by atoms with Crippen LogP contribution in [0.5, 0.6) is 0 Å². The largest absolute Gasteiger partial charge is 0.383 e. The number of rotatable bonds is 6. The SMILES string of the molecule is CNC(c1c(Cl)cnn1CCOC)C1CC2CCC1O2. The Bertz CT molecular complexity index is 465. The van der Waals surface area contributed by atoms with Crippen LogP contribution >= 0.6 is 11.6 Å². The highest BCUT2D eigenvalue weighted by Crippen LogP contribution is 2.45. The average Bonchev–Trinajstić information content (AvgIpc) is 3.15. The molecule has 2 fully saturated rings. The molecule has 2 bridgehead atoms. The van der Waals surface area contributed by atoms with Gasteiger partial charge in [-0.3, -0.25) is 4.68 Å². The van der Waals surface area contributed by atoms with Crippen molar-refractivity contribution < 1.29 is 9.47 Å². The van der Waals surface area contributed by atoms with Gasteiger partial charge in [0.25, 0.3) is 0 Å². The maximum Gasteiger partial charge on any atom is 0.0834 e. The lowest BCUT2D eigenvalue weighted by Crippen LogP contribution is -2.34. The number of hydrogen-bond acceptors (Lipinski definition) is 4. The lowest BCUT2D eigenvalue weighted by Gasteiger charge is -2.29. The molecule has 0 amide bonds. The lowest BCUT2D eigenvalue weighted by atomic mass is 9.82. The molecule has 2 saturated heterocycles. The van der Waals surface area contributed by atoms with Gasteiger partial charge in [0.1, 0.15) is 0 Å². The molecule has 1 aromatic rings. The molecule has 5 nitrogen and oxygen atoms in total. The highest BCUT2D eigenvalue weighted by molar-refractivity contribution is 6.31. The first-order valence-corrected chi connectivity index (χ1v) is 7.65. The summed E-state index contributed by atoms with van der Waals surface area (Å²) in [5.41, 5.74) is 1.06. The van der Waals surface area contributed by atoms with Crippen LogP contribution in [0, 0.1) is 5.92 Å². The van der Waals surface area contributed by atoms with E-state index in [4.69, 9.17) is 21.1 Å². The van der Waals surface area contributed by atoms with Crippen molar-refractivity contribution in [2.75, 3.05) is 20.8 Å². The molecule has 0 aliphatic carbocycles. The van der Waals surface area contributed by atoms with E-state index < -0.39 is 0 Å². The van der Waals surface area contributed by atoms with E-state index in [1.165, 1.54) is 6.42 Å². The predicted molar refractivity (Wildman–Crippen MR) is 76.9 cm³/mol. The maximum atomic E-state index is 6.37. The second-order valence-electron chi connectivity index (χ2n) is 5.63. The Hall–Kier alpha value is -0.620. The predicted octanol–water partition coefficient (Wildman–Crippen LogP) is 2.01. The summed E-state index contributed by atoms with van der Waals surface area (Å²) in [6.45, 7) is 1.35. The molecule has 20 heavy (non-hydrogen) atoms. The molecule has 3 heterocycles. The fraction of sp³-hybridized carbons (Fsp3) is 0.786. The van der Waals surface area contributed by atoms with Crippen molar-refractivity contribution in [1.29, 1.82) is 0 Å². The first-order valence-electron chi connectivity index (χ1n) is 7.27. The number of nitrogens with zero attached hydrogens (tertiary/aromatic N) is 2. The van der Waals surface area contributed by atoms with Crippen LogP contribution in [0.2, 0.25) is 5.02 Å². The van der Waals surface area contributed by atoms with E-state index in [9.17, 15) is 0 Å². The summed E-state index contributed by atoms with van der Waals surface area (Å²) >= 11 is 6.37. The Balaban J connectivity index is 1.83. The molecule has 0 saturated carbocycles. The number of ether oxygens (including phenoxy) is 2. The zero-order chi connectivity index (χ0) is 14.1. The smallest absolute Gasteiger partial charge is 0.0834 e. The maximum absolute atomic E-state index is 6.37. The number of fused-ring (bicyclic) bond motifs is 2. The van der Waals surface area contributed by atoms with Crippen molar-refractivity contribution in [3.05, 3.63) is 16.9 Å². The summed E-state index contributed by atoms with van der Waals surface area (Å²) in [4.78, 5) is 0. The monoisotopic (exact) mass is 299 g/mol. The van der Waals surface area contributed by atoms with E-state index in [-0.39, 0.29) is 6.04 Å². The van der Waals surface area contributed by atoms with Gasteiger partial charge < -0.3 is 14.8 Å². The molecule has 4 atom stereocenters. The standard InChI is InChI=1S/C14H22ClN3O2/c1-16-13(10-7-9-3-4-12(10)20-9)14-11(15)8-17-18(14)5-6-19-2/h8-10,12-13,16H,3-7H2,1-2H3. The first-order chi connectivity index (χ1) is 9.74. The second-order valence-corrected chi connectivity index (χ2v) is 6.04. The summed E-state index contributed by atoms with van der Waals surface area (Å²) < 4.78 is 13.1. The number of nitrogens with one attached hydrogen (secondary N) is 1. The Morgan fingerprint density at radius 2 is 2.45 bits per heavy atom. The Morgan fingerprint density at radius 3 is 3.05 bits per heavy atom. The molecule has 2 aliphatic rings. The van der Waals surface area contributed by atoms with Crippen LogP contribution in [-0.4, -0.2) is 42.8 Å². The zero-order valence-electron chi connectivity index (χ0n) is 12.0. The molecule has 1 N–H and O–H groups in total. The van der Waals surface area contributed by atoms with Crippen molar-refractivity contribution in [3.8, 4) is 0 Å². The molecular formula is C14H22ClN3O2. The van der Waals surface area contributed by atoms with Crippen molar-refractivity contribution in [2.45, 2.75) is 44.1 Å². The second kappa shape index (κ2) is 6.02. The summed E-state index contributed by atoms with van der Waals surface area (Å²) in [5, 5.41) is 8.53. The third-order valence-electron chi connectivity index (χ3n) is 4.53. The van der Waals surface area contributed by atoms with Crippen LogP contribution in [0.3, 0.4) is 0 Å². The summed E-state index contributed by atoms with van der Waals surface area (Å²) in [7, 11) is 3.69. The lowest BCUT2D eigenvalue weighted by molar-refractivity contribution is 0.0854. The van der Waals surface area contributed by atoms with Gasteiger partial charge in [0.15, 0.2) is 0 Å². The van der Waals surface area contributed by atoms with E-state index in [1.807, 2.05) is 11.7 Å². The van der Waals surface area contributed by atoms with Crippen molar-refractivity contribution in [3.63, 3.8) is 0 Å². The molecule has 0 radical (unpaired) electrons. The van der Waals surface area contributed by atoms with E-state index in [1.54, 1.807) is 13.3 Å². The fourth-order valence-corrected chi connectivity index (χ4v) is 3.88. The molecule has 6 heteroatoms. The third kappa shape index (κ3) is 2.48.